The molecule has 0 saturated heterocycles. The minimum atomic E-state index is -4.66. The second-order valence-corrected chi connectivity index (χ2v) is 11.5. The number of aliphatic hydroxyl groups is 2. The van der Waals surface area contributed by atoms with Gasteiger partial charge in [0.25, 0.3) is 0 Å². The van der Waals surface area contributed by atoms with Gasteiger partial charge in [-0.05, 0) is 85.4 Å². The van der Waals surface area contributed by atoms with Crippen LogP contribution in [0.15, 0.2) is 11.6 Å². The molecule has 0 aliphatic heterocycles. The first-order valence-electron chi connectivity index (χ1n) is 11.8. The molecule has 0 radical (unpaired) electrons. The number of fused-ring (bicyclic) bond motifs is 5. The SMILES string of the molecule is C[C@H]([C@@H](O)C(F)(F)F)[C@H]1CC[C@H]2[C@@H]3CC=C4C[C@](O)(C(F)(F)F)CC[C@]4(C)C3CC[C@]12C. The van der Waals surface area contributed by atoms with Gasteiger partial charge in [-0.2, -0.15) is 26.3 Å². The quantitative estimate of drug-likeness (QED) is 0.363. The minimum absolute atomic E-state index is 0.181. The fraction of sp³-hybridized carbons (Fsp3) is 0.917. The molecule has 1 unspecified atom stereocenters. The standard InChI is InChI=1S/C24H34F6O2/c1-13(19(31)23(25,26)27)16-6-7-17-15-5-4-14-12-22(32,24(28,29)30)11-10-20(14,2)18(15)8-9-21(16,17)3/h4,13,15-19,31-32H,5-12H2,1-3H3/t13-,15-,16+,17-,18?,19+,20-,21+,22-/m0/s1. The Hall–Kier alpha value is -0.760. The van der Waals surface area contributed by atoms with Crippen molar-refractivity contribution in [2.75, 3.05) is 0 Å². The van der Waals surface area contributed by atoms with Crippen molar-refractivity contribution in [1.29, 1.82) is 0 Å². The molecule has 3 saturated carbocycles. The molecule has 8 heteroatoms. The molecule has 0 heterocycles. The first-order valence-corrected chi connectivity index (χ1v) is 11.8. The Morgan fingerprint density at radius 2 is 1.62 bits per heavy atom. The fourth-order valence-corrected chi connectivity index (χ4v) is 8.31. The van der Waals surface area contributed by atoms with E-state index in [1.165, 1.54) is 6.92 Å². The number of alkyl halides is 6. The van der Waals surface area contributed by atoms with Crippen LogP contribution in [-0.2, 0) is 0 Å². The van der Waals surface area contributed by atoms with E-state index < -0.39 is 35.4 Å². The molecule has 9 atom stereocenters. The second-order valence-electron chi connectivity index (χ2n) is 11.5. The molecule has 0 spiro atoms. The van der Waals surface area contributed by atoms with Crippen LogP contribution in [-0.4, -0.2) is 34.3 Å². The predicted octanol–water partition coefficient (Wildman–Crippen LogP) is 6.42. The Balaban J connectivity index is 1.59. The summed E-state index contributed by atoms with van der Waals surface area (Å²) in [5.74, 6) is -0.514. The molecular weight excluding hydrogens is 434 g/mol. The van der Waals surface area contributed by atoms with Gasteiger partial charge in [-0.3, -0.25) is 0 Å². The smallest absolute Gasteiger partial charge is 0.383 e. The van der Waals surface area contributed by atoms with Crippen molar-refractivity contribution in [3.05, 3.63) is 11.6 Å². The number of aliphatic hydroxyl groups excluding tert-OH is 1. The van der Waals surface area contributed by atoms with Crippen LogP contribution in [0.2, 0.25) is 0 Å². The maximum Gasteiger partial charge on any atom is 0.417 e. The van der Waals surface area contributed by atoms with Crippen LogP contribution in [0.5, 0.6) is 0 Å². The lowest BCUT2D eigenvalue weighted by molar-refractivity contribution is -0.271. The van der Waals surface area contributed by atoms with Gasteiger partial charge in [-0.15, -0.1) is 0 Å². The van der Waals surface area contributed by atoms with E-state index in [1.54, 1.807) is 0 Å². The average molecular weight is 469 g/mol. The van der Waals surface area contributed by atoms with Crippen molar-refractivity contribution in [3.63, 3.8) is 0 Å². The van der Waals surface area contributed by atoms with Gasteiger partial charge >= 0.3 is 12.4 Å². The highest BCUT2D eigenvalue weighted by Gasteiger charge is 2.64. The van der Waals surface area contributed by atoms with Gasteiger partial charge in [0, 0.05) is 6.42 Å². The maximum atomic E-state index is 13.5. The van der Waals surface area contributed by atoms with Crippen LogP contribution in [0.25, 0.3) is 0 Å². The zero-order valence-electron chi connectivity index (χ0n) is 18.9. The van der Waals surface area contributed by atoms with E-state index in [4.69, 9.17) is 0 Å². The van der Waals surface area contributed by atoms with Crippen LogP contribution in [0, 0.1) is 40.4 Å². The third kappa shape index (κ3) is 3.45. The molecule has 184 valence electrons. The molecule has 0 aromatic carbocycles. The van der Waals surface area contributed by atoms with Crippen LogP contribution >= 0.6 is 0 Å². The van der Waals surface area contributed by atoms with Gasteiger partial charge < -0.3 is 10.2 Å². The summed E-state index contributed by atoms with van der Waals surface area (Å²) < 4.78 is 80.0. The summed E-state index contributed by atoms with van der Waals surface area (Å²) in [5, 5.41) is 20.2. The molecule has 2 N–H and O–H groups in total. The van der Waals surface area contributed by atoms with E-state index in [9.17, 15) is 36.6 Å². The van der Waals surface area contributed by atoms with Gasteiger partial charge in [-0.1, -0.05) is 32.4 Å². The normalized spacial score (nSPS) is 46.5. The van der Waals surface area contributed by atoms with Gasteiger partial charge in [0.1, 0.15) is 0 Å². The molecule has 3 fully saturated rings. The number of halogens is 6. The van der Waals surface area contributed by atoms with Crippen molar-refractivity contribution in [1.82, 2.24) is 0 Å². The van der Waals surface area contributed by atoms with Gasteiger partial charge in [-0.25, -0.2) is 0 Å². The highest BCUT2D eigenvalue weighted by atomic mass is 19.4. The zero-order chi connectivity index (χ0) is 23.9. The summed E-state index contributed by atoms with van der Waals surface area (Å²) in [6, 6.07) is 0. The molecule has 0 bridgehead atoms. The Morgan fingerprint density at radius 1 is 0.969 bits per heavy atom. The third-order valence-electron chi connectivity index (χ3n) is 10.2. The lowest BCUT2D eigenvalue weighted by Crippen LogP contribution is -2.56. The first-order chi connectivity index (χ1) is 14.5. The minimum Gasteiger partial charge on any atom is -0.383 e. The summed E-state index contributed by atoms with van der Waals surface area (Å²) in [5.41, 5.74) is -2.69. The zero-order valence-corrected chi connectivity index (χ0v) is 18.9. The van der Waals surface area contributed by atoms with Crippen molar-refractivity contribution in [3.8, 4) is 0 Å². The van der Waals surface area contributed by atoms with Crippen molar-refractivity contribution in [2.45, 2.75) is 96.2 Å². The Morgan fingerprint density at radius 3 is 2.22 bits per heavy atom. The topological polar surface area (TPSA) is 40.5 Å². The summed E-state index contributed by atoms with van der Waals surface area (Å²) in [7, 11) is 0. The second kappa shape index (κ2) is 7.37. The van der Waals surface area contributed by atoms with E-state index in [0.717, 1.165) is 19.3 Å². The van der Waals surface area contributed by atoms with Gasteiger partial charge in [0.2, 0.25) is 0 Å². The molecule has 4 aliphatic rings. The number of hydrogen-bond acceptors (Lipinski definition) is 2. The molecule has 0 aromatic heterocycles. The van der Waals surface area contributed by atoms with E-state index in [-0.39, 0.29) is 48.3 Å². The molecule has 4 aliphatic carbocycles. The van der Waals surface area contributed by atoms with Crippen LogP contribution in [0.3, 0.4) is 0 Å². The monoisotopic (exact) mass is 468 g/mol. The Bertz CT molecular complexity index is 775. The lowest BCUT2D eigenvalue weighted by atomic mass is 9.46. The highest BCUT2D eigenvalue weighted by Crippen LogP contribution is 2.68. The third-order valence-corrected chi connectivity index (χ3v) is 10.2. The van der Waals surface area contributed by atoms with E-state index >= 15 is 0 Å². The van der Waals surface area contributed by atoms with Crippen LogP contribution in [0.1, 0.15) is 72.1 Å². The molecule has 32 heavy (non-hydrogen) atoms. The Labute approximate surface area is 185 Å². The van der Waals surface area contributed by atoms with Gasteiger partial charge in [0.15, 0.2) is 11.7 Å². The lowest BCUT2D eigenvalue weighted by Gasteiger charge is -2.59. The predicted molar refractivity (Wildman–Crippen MR) is 107 cm³/mol. The molecular formula is C24H34F6O2. The van der Waals surface area contributed by atoms with Crippen molar-refractivity contribution in [2.24, 2.45) is 40.4 Å². The van der Waals surface area contributed by atoms with Crippen molar-refractivity contribution >= 4 is 0 Å². The summed E-state index contributed by atoms with van der Waals surface area (Å²) >= 11 is 0. The number of hydrogen-bond donors (Lipinski definition) is 2. The van der Waals surface area contributed by atoms with Crippen LogP contribution < -0.4 is 0 Å². The Kier molecular flexibility index (Phi) is 5.61. The number of rotatable bonds is 2. The van der Waals surface area contributed by atoms with Crippen molar-refractivity contribution < 1.29 is 36.6 Å². The summed E-state index contributed by atoms with van der Waals surface area (Å²) in [6.45, 7) is 5.59. The molecule has 2 nitrogen and oxygen atoms in total. The number of allylic oxidation sites excluding steroid dienone is 1. The average Bonchev–Trinajstić information content (AvgIpc) is 3.03. The summed E-state index contributed by atoms with van der Waals surface area (Å²) in [4.78, 5) is 0. The maximum absolute atomic E-state index is 13.5. The summed E-state index contributed by atoms with van der Waals surface area (Å²) in [6.07, 6.45) is -6.63. The van der Waals surface area contributed by atoms with E-state index in [0.29, 0.717) is 18.4 Å². The van der Waals surface area contributed by atoms with E-state index in [1.807, 2.05) is 13.0 Å². The van der Waals surface area contributed by atoms with Gasteiger partial charge in [0.05, 0.1) is 0 Å². The first kappa shape index (κ1) is 24.4. The largest absolute Gasteiger partial charge is 0.417 e. The van der Waals surface area contributed by atoms with E-state index in [2.05, 4.69) is 6.92 Å². The fourth-order valence-electron chi connectivity index (χ4n) is 8.31. The molecule has 0 amide bonds. The van der Waals surface area contributed by atoms with Crippen LogP contribution in [0.4, 0.5) is 26.3 Å². The molecule has 4 rings (SSSR count). The highest BCUT2D eigenvalue weighted by molar-refractivity contribution is 5.28. The molecule has 0 aromatic rings.